The first-order valence-electron chi connectivity index (χ1n) is 7.45. The summed E-state index contributed by atoms with van der Waals surface area (Å²) in [5, 5.41) is 5.89. The van der Waals surface area contributed by atoms with Gasteiger partial charge in [-0.3, -0.25) is 9.59 Å². The fourth-order valence-electron chi connectivity index (χ4n) is 2.99. The van der Waals surface area contributed by atoms with Crippen LogP contribution in [0.2, 0.25) is 0 Å². The minimum Gasteiger partial charge on any atom is -0.346 e. The Morgan fingerprint density at radius 1 is 1.15 bits per heavy atom. The molecule has 2 fully saturated rings. The van der Waals surface area contributed by atoms with E-state index < -0.39 is 0 Å². The van der Waals surface area contributed by atoms with Crippen molar-refractivity contribution in [1.82, 2.24) is 15.5 Å². The van der Waals surface area contributed by atoms with Gasteiger partial charge in [-0.1, -0.05) is 19.3 Å². The Balaban J connectivity index is 0.00000200. The third kappa shape index (κ3) is 4.63. The quantitative estimate of drug-likeness (QED) is 0.816. The van der Waals surface area contributed by atoms with Gasteiger partial charge in [0.1, 0.15) is 0 Å². The van der Waals surface area contributed by atoms with E-state index >= 15 is 0 Å². The van der Waals surface area contributed by atoms with Crippen LogP contribution in [0.5, 0.6) is 0 Å². The smallest absolute Gasteiger partial charge is 0.241 e. The number of nitrogens with zero attached hydrogens (tertiary/aromatic N) is 1. The Bertz CT molecular complexity index is 326. The zero-order valence-electron chi connectivity index (χ0n) is 12.2. The van der Waals surface area contributed by atoms with Crippen LogP contribution in [-0.2, 0) is 9.59 Å². The van der Waals surface area contributed by atoms with Crippen molar-refractivity contribution in [2.75, 3.05) is 20.1 Å². The lowest BCUT2D eigenvalue weighted by atomic mass is 9.94. The predicted molar refractivity (Wildman–Crippen MR) is 80.9 cm³/mol. The number of rotatable bonds is 4. The molecule has 0 spiro atoms. The molecule has 1 unspecified atom stereocenters. The maximum atomic E-state index is 12.1. The number of carbonyl (C=O) groups excluding carboxylic acids is 2. The molecule has 2 amide bonds. The van der Waals surface area contributed by atoms with E-state index in [1.807, 2.05) is 11.9 Å². The van der Waals surface area contributed by atoms with E-state index in [9.17, 15) is 9.59 Å². The van der Waals surface area contributed by atoms with Crippen LogP contribution in [0.15, 0.2) is 0 Å². The Kier molecular flexibility index (Phi) is 7.30. The van der Waals surface area contributed by atoms with Crippen molar-refractivity contribution in [3.8, 4) is 0 Å². The second kappa shape index (κ2) is 8.47. The van der Waals surface area contributed by atoms with Crippen LogP contribution in [0, 0.1) is 0 Å². The maximum absolute atomic E-state index is 12.1. The number of likely N-dealkylation sites (N-methyl/N-ethyl adjacent to an activating group) is 1. The molecule has 2 rings (SSSR count). The molecule has 1 saturated carbocycles. The molecule has 0 bridgehead atoms. The minimum atomic E-state index is -0.104. The topological polar surface area (TPSA) is 61.4 Å². The van der Waals surface area contributed by atoms with E-state index in [0.29, 0.717) is 6.04 Å². The SMILES string of the molecule is CN(C(=O)CNC(=O)C1CCCN1)C1CCCCC1.Cl. The Morgan fingerprint density at radius 3 is 2.45 bits per heavy atom. The van der Waals surface area contributed by atoms with Crippen molar-refractivity contribution in [1.29, 1.82) is 0 Å². The highest BCUT2D eigenvalue weighted by atomic mass is 35.5. The number of hydrogen-bond acceptors (Lipinski definition) is 3. The second-order valence-corrected chi connectivity index (χ2v) is 5.66. The lowest BCUT2D eigenvalue weighted by Gasteiger charge is -2.31. The van der Waals surface area contributed by atoms with Gasteiger partial charge in [-0.25, -0.2) is 0 Å². The molecule has 1 aliphatic carbocycles. The first-order chi connectivity index (χ1) is 9.18. The third-order valence-electron chi connectivity index (χ3n) is 4.31. The highest BCUT2D eigenvalue weighted by Crippen LogP contribution is 2.21. The Morgan fingerprint density at radius 2 is 1.85 bits per heavy atom. The first-order valence-corrected chi connectivity index (χ1v) is 7.45. The van der Waals surface area contributed by atoms with Gasteiger partial charge in [-0.2, -0.15) is 0 Å². The molecule has 116 valence electrons. The van der Waals surface area contributed by atoms with E-state index in [-0.39, 0.29) is 36.8 Å². The number of hydrogen-bond donors (Lipinski definition) is 2. The number of amides is 2. The molecule has 20 heavy (non-hydrogen) atoms. The average molecular weight is 304 g/mol. The van der Waals surface area contributed by atoms with Gasteiger partial charge in [-0.05, 0) is 32.2 Å². The summed E-state index contributed by atoms with van der Waals surface area (Å²) in [5.41, 5.74) is 0. The van der Waals surface area contributed by atoms with E-state index in [2.05, 4.69) is 10.6 Å². The van der Waals surface area contributed by atoms with Crippen LogP contribution >= 0.6 is 12.4 Å². The molecule has 0 radical (unpaired) electrons. The summed E-state index contributed by atoms with van der Waals surface area (Å²) in [6.07, 6.45) is 7.80. The van der Waals surface area contributed by atoms with Crippen LogP contribution in [0.25, 0.3) is 0 Å². The van der Waals surface area contributed by atoms with Gasteiger partial charge in [-0.15, -0.1) is 12.4 Å². The van der Waals surface area contributed by atoms with E-state index in [1.54, 1.807) is 0 Å². The standard InChI is InChI=1S/C14H25N3O2.ClH/c1-17(11-6-3-2-4-7-11)13(18)10-16-14(19)12-8-5-9-15-12;/h11-12,15H,2-10H2,1H3,(H,16,19);1H. The van der Waals surface area contributed by atoms with Gasteiger partial charge in [0.15, 0.2) is 0 Å². The van der Waals surface area contributed by atoms with Gasteiger partial charge in [0.05, 0.1) is 12.6 Å². The fourth-order valence-corrected chi connectivity index (χ4v) is 2.99. The summed E-state index contributed by atoms with van der Waals surface area (Å²) in [6.45, 7) is 1.03. The first kappa shape index (κ1) is 17.2. The second-order valence-electron chi connectivity index (χ2n) is 5.66. The molecule has 2 N–H and O–H groups in total. The van der Waals surface area contributed by atoms with E-state index in [4.69, 9.17) is 0 Å². The average Bonchev–Trinajstić information content (AvgIpc) is 2.98. The van der Waals surface area contributed by atoms with Crippen molar-refractivity contribution in [3.63, 3.8) is 0 Å². The summed E-state index contributed by atoms with van der Waals surface area (Å²) in [6, 6.07) is 0.260. The Labute approximate surface area is 127 Å². The molecule has 0 aromatic rings. The van der Waals surface area contributed by atoms with E-state index in [0.717, 1.165) is 32.2 Å². The molecule has 0 aromatic carbocycles. The maximum Gasteiger partial charge on any atom is 0.241 e. The summed E-state index contributed by atoms with van der Waals surface area (Å²) < 4.78 is 0. The molecule has 0 aromatic heterocycles. The number of nitrogens with one attached hydrogen (secondary N) is 2. The number of carbonyl (C=O) groups is 2. The van der Waals surface area contributed by atoms with Crippen molar-refractivity contribution < 1.29 is 9.59 Å². The summed E-state index contributed by atoms with van der Waals surface area (Å²) in [5.74, 6) is -0.0128. The van der Waals surface area contributed by atoms with Crippen molar-refractivity contribution in [2.24, 2.45) is 0 Å². The van der Waals surface area contributed by atoms with Gasteiger partial charge in [0.2, 0.25) is 11.8 Å². The van der Waals surface area contributed by atoms with Crippen LogP contribution in [0.3, 0.4) is 0 Å². The lowest BCUT2D eigenvalue weighted by Crippen LogP contribution is -2.47. The molecule has 1 atom stereocenters. The van der Waals surface area contributed by atoms with Crippen LogP contribution in [0.1, 0.15) is 44.9 Å². The minimum absolute atomic E-state index is 0. The van der Waals surface area contributed by atoms with Crippen molar-refractivity contribution >= 4 is 24.2 Å². The molecule has 2 aliphatic rings. The molecule has 6 heteroatoms. The fraction of sp³-hybridized carbons (Fsp3) is 0.857. The molecular formula is C14H26ClN3O2. The summed E-state index contributed by atoms with van der Waals surface area (Å²) in [4.78, 5) is 25.7. The molecule has 1 heterocycles. The normalized spacial score (nSPS) is 22.9. The zero-order chi connectivity index (χ0) is 13.7. The zero-order valence-corrected chi connectivity index (χ0v) is 13.0. The van der Waals surface area contributed by atoms with Crippen molar-refractivity contribution in [2.45, 2.75) is 57.0 Å². The highest BCUT2D eigenvalue weighted by Gasteiger charge is 2.25. The molecular weight excluding hydrogens is 278 g/mol. The van der Waals surface area contributed by atoms with Crippen molar-refractivity contribution in [3.05, 3.63) is 0 Å². The van der Waals surface area contributed by atoms with Crippen LogP contribution < -0.4 is 10.6 Å². The molecule has 1 aliphatic heterocycles. The summed E-state index contributed by atoms with van der Waals surface area (Å²) >= 11 is 0. The molecule has 1 saturated heterocycles. The predicted octanol–water partition coefficient (Wildman–Crippen LogP) is 1.07. The van der Waals surface area contributed by atoms with Gasteiger partial charge < -0.3 is 15.5 Å². The van der Waals surface area contributed by atoms with Gasteiger partial charge in [0, 0.05) is 13.1 Å². The van der Waals surface area contributed by atoms with Gasteiger partial charge in [0.25, 0.3) is 0 Å². The van der Waals surface area contributed by atoms with E-state index in [1.165, 1.54) is 19.3 Å². The molecule has 5 nitrogen and oxygen atoms in total. The lowest BCUT2D eigenvalue weighted by molar-refractivity contribution is -0.134. The summed E-state index contributed by atoms with van der Waals surface area (Å²) in [7, 11) is 1.86. The largest absolute Gasteiger partial charge is 0.346 e. The van der Waals surface area contributed by atoms with Crippen LogP contribution in [-0.4, -0.2) is 48.9 Å². The third-order valence-corrected chi connectivity index (χ3v) is 4.31. The monoisotopic (exact) mass is 303 g/mol. The number of halogens is 1. The van der Waals surface area contributed by atoms with Crippen LogP contribution in [0.4, 0.5) is 0 Å². The highest BCUT2D eigenvalue weighted by molar-refractivity contribution is 5.87. The Hall–Kier alpha value is -0.810. The van der Waals surface area contributed by atoms with Gasteiger partial charge >= 0.3 is 0 Å².